The number of carbonyl (C=O) groups is 1. The summed E-state index contributed by atoms with van der Waals surface area (Å²) in [6.45, 7) is 0. The van der Waals surface area contributed by atoms with Crippen molar-refractivity contribution in [3.05, 3.63) is 70.1 Å². The van der Waals surface area contributed by atoms with Gasteiger partial charge in [-0.05, 0) is 36.4 Å². The number of amides is 1. The van der Waals surface area contributed by atoms with E-state index in [4.69, 9.17) is 16.9 Å². The zero-order valence-corrected chi connectivity index (χ0v) is 15.2. The van der Waals surface area contributed by atoms with Gasteiger partial charge in [0.1, 0.15) is 17.5 Å². The van der Waals surface area contributed by atoms with Gasteiger partial charge >= 0.3 is 12.4 Å². The molecule has 0 heterocycles. The molecule has 0 atom stereocenters. The molecule has 0 spiro atoms. The number of rotatable bonds is 4. The molecule has 0 aliphatic rings. The lowest BCUT2D eigenvalue weighted by Crippen LogP contribution is -2.15. The largest absolute Gasteiger partial charge is 0.416 e. The van der Waals surface area contributed by atoms with Crippen LogP contribution in [0.1, 0.15) is 11.1 Å². The van der Waals surface area contributed by atoms with Crippen molar-refractivity contribution < 1.29 is 35.5 Å². The molecule has 0 aliphatic carbocycles. The molecule has 0 aliphatic heterocycles. The number of benzene rings is 2. The van der Waals surface area contributed by atoms with E-state index in [1.165, 1.54) is 6.07 Å². The van der Waals surface area contributed by atoms with Crippen molar-refractivity contribution in [3.63, 3.8) is 0 Å². The summed E-state index contributed by atoms with van der Waals surface area (Å²) in [5.41, 5.74) is -4.47. The zero-order chi connectivity index (χ0) is 22.7. The van der Waals surface area contributed by atoms with Crippen LogP contribution < -0.4 is 10.6 Å². The molecule has 2 N–H and O–H groups in total. The van der Waals surface area contributed by atoms with E-state index in [0.717, 1.165) is 18.2 Å². The molecule has 0 fully saturated rings. The number of nitrogens with zero attached hydrogens (tertiary/aromatic N) is 1. The fourth-order valence-electron chi connectivity index (χ4n) is 2.11. The minimum absolute atomic E-state index is 0.00553. The van der Waals surface area contributed by atoms with E-state index in [2.05, 4.69) is 10.6 Å². The maximum absolute atomic E-state index is 13.1. The smallest absolute Gasteiger partial charge is 0.360 e. The maximum atomic E-state index is 13.1. The first-order valence-corrected chi connectivity index (χ1v) is 8.11. The monoisotopic (exact) mass is 451 g/mol. The minimum atomic E-state index is -5.06. The quantitative estimate of drug-likeness (QED) is 0.342. The van der Waals surface area contributed by atoms with E-state index in [0.29, 0.717) is 18.3 Å². The van der Waals surface area contributed by atoms with Gasteiger partial charge in [-0.25, -0.2) is 4.39 Å². The summed E-state index contributed by atoms with van der Waals surface area (Å²) < 4.78 is 90.3. The Kier molecular flexibility index (Phi) is 6.62. The highest BCUT2D eigenvalue weighted by atomic mass is 35.5. The first-order chi connectivity index (χ1) is 13.8. The SMILES string of the molecule is N#C/C(=C\Nc1cc(C(F)(F)F)cc(C(F)(F)F)c1)C(=O)Nc1ccc(F)c(Cl)c1. The van der Waals surface area contributed by atoms with Crippen molar-refractivity contribution in [1.29, 1.82) is 5.26 Å². The third kappa shape index (κ3) is 5.87. The number of hydrogen-bond donors (Lipinski definition) is 2. The van der Waals surface area contributed by atoms with Crippen LogP contribution in [0.3, 0.4) is 0 Å². The van der Waals surface area contributed by atoms with Crippen LogP contribution in [0.2, 0.25) is 5.02 Å². The number of alkyl halides is 6. The second-order valence-corrected chi connectivity index (χ2v) is 6.10. The Labute approximate surface area is 169 Å². The van der Waals surface area contributed by atoms with Gasteiger partial charge in [0.2, 0.25) is 0 Å². The van der Waals surface area contributed by atoms with Crippen LogP contribution in [0.5, 0.6) is 0 Å². The highest BCUT2D eigenvalue weighted by molar-refractivity contribution is 6.31. The molecule has 158 valence electrons. The fourth-order valence-corrected chi connectivity index (χ4v) is 2.30. The summed E-state index contributed by atoms with van der Waals surface area (Å²) >= 11 is 5.55. The second kappa shape index (κ2) is 8.62. The van der Waals surface area contributed by atoms with Crippen molar-refractivity contribution in [2.75, 3.05) is 10.6 Å². The lowest BCUT2D eigenvalue weighted by atomic mass is 10.1. The molecule has 1 amide bonds. The van der Waals surface area contributed by atoms with Crippen molar-refractivity contribution >= 4 is 28.9 Å². The van der Waals surface area contributed by atoms with E-state index in [9.17, 15) is 35.5 Å². The normalized spacial score (nSPS) is 12.3. The van der Waals surface area contributed by atoms with Gasteiger partial charge in [0.05, 0.1) is 16.1 Å². The summed E-state index contributed by atoms with van der Waals surface area (Å²) in [6.07, 6.45) is -9.48. The predicted octanol–water partition coefficient (Wildman–Crippen LogP) is 5.97. The summed E-state index contributed by atoms with van der Waals surface area (Å²) in [6, 6.07) is 5.26. The van der Waals surface area contributed by atoms with Crippen LogP contribution in [-0.4, -0.2) is 5.91 Å². The molecule has 2 aromatic rings. The highest BCUT2D eigenvalue weighted by Gasteiger charge is 2.36. The van der Waals surface area contributed by atoms with Gasteiger partial charge in [0.25, 0.3) is 5.91 Å². The maximum Gasteiger partial charge on any atom is 0.416 e. The van der Waals surface area contributed by atoms with Gasteiger partial charge in [-0.3, -0.25) is 4.79 Å². The predicted molar refractivity (Wildman–Crippen MR) is 93.8 cm³/mol. The fraction of sp³-hybridized carbons (Fsp3) is 0.111. The Balaban J connectivity index is 2.30. The summed E-state index contributed by atoms with van der Waals surface area (Å²) in [5.74, 6) is -1.83. The van der Waals surface area contributed by atoms with E-state index in [1.54, 1.807) is 0 Å². The molecule has 0 unspecified atom stereocenters. The zero-order valence-electron chi connectivity index (χ0n) is 14.4. The van der Waals surface area contributed by atoms with Crippen molar-refractivity contribution in [2.24, 2.45) is 0 Å². The van der Waals surface area contributed by atoms with Crippen molar-refractivity contribution in [1.82, 2.24) is 0 Å². The molecule has 0 radical (unpaired) electrons. The number of nitrogens with one attached hydrogen (secondary N) is 2. The van der Waals surface area contributed by atoms with E-state index in [1.807, 2.05) is 0 Å². The minimum Gasteiger partial charge on any atom is -0.360 e. The van der Waals surface area contributed by atoms with Gasteiger partial charge in [-0.15, -0.1) is 0 Å². The van der Waals surface area contributed by atoms with Crippen LogP contribution in [-0.2, 0) is 17.1 Å². The Morgan fingerprint density at radius 1 is 0.967 bits per heavy atom. The molecule has 2 rings (SSSR count). The number of carbonyl (C=O) groups excluding carboxylic acids is 1. The first-order valence-electron chi connectivity index (χ1n) is 7.74. The number of nitriles is 1. The lowest BCUT2D eigenvalue weighted by Gasteiger charge is -2.14. The van der Waals surface area contributed by atoms with Crippen LogP contribution in [0.25, 0.3) is 0 Å². The first kappa shape index (κ1) is 23.0. The van der Waals surface area contributed by atoms with E-state index in [-0.39, 0.29) is 16.8 Å². The average molecular weight is 452 g/mol. The standard InChI is InChI=1S/C18H9ClF7N3O/c19-14-6-12(1-2-15(14)20)29-16(30)9(7-27)8-28-13-4-10(17(21,22)23)3-11(5-13)18(24,25)26/h1-6,8,28H,(H,29,30)/b9-8+. The average Bonchev–Trinajstić information content (AvgIpc) is 2.63. The Bertz CT molecular complexity index is 1010. The Morgan fingerprint density at radius 2 is 1.53 bits per heavy atom. The van der Waals surface area contributed by atoms with Crippen LogP contribution >= 0.6 is 11.6 Å². The Morgan fingerprint density at radius 3 is 2.00 bits per heavy atom. The third-order valence-corrected chi connectivity index (χ3v) is 3.80. The number of anilines is 2. The molecule has 0 aromatic heterocycles. The topological polar surface area (TPSA) is 64.9 Å². The molecule has 0 saturated heterocycles. The second-order valence-electron chi connectivity index (χ2n) is 5.69. The Hall–Kier alpha value is -3.26. The van der Waals surface area contributed by atoms with E-state index < -0.39 is 46.5 Å². The number of hydrogen-bond acceptors (Lipinski definition) is 3. The summed E-state index contributed by atoms with van der Waals surface area (Å²) in [5, 5.41) is 13.0. The lowest BCUT2D eigenvalue weighted by molar-refractivity contribution is -0.143. The number of halogens is 8. The van der Waals surface area contributed by atoms with Gasteiger partial charge in [-0.1, -0.05) is 11.6 Å². The van der Waals surface area contributed by atoms with Crippen LogP contribution in [0, 0.1) is 17.1 Å². The van der Waals surface area contributed by atoms with Crippen LogP contribution in [0.15, 0.2) is 48.2 Å². The van der Waals surface area contributed by atoms with E-state index >= 15 is 0 Å². The van der Waals surface area contributed by atoms with Crippen LogP contribution in [0.4, 0.5) is 42.1 Å². The molecule has 0 bridgehead atoms. The molecule has 0 saturated carbocycles. The molecular weight excluding hydrogens is 443 g/mol. The summed E-state index contributed by atoms with van der Waals surface area (Å²) in [4.78, 5) is 12.1. The summed E-state index contributed by atoms with van der Waals surface area (Å²) in [7, 11) is 0. The van der Waals surface area contributed by atoms with Gasteiger partial charge in [-0.2, -0.15) is 31.6 Å². The third-order valence-electron chi connectivity index (χ3n) is 3.51. The molecule has 2 aromatic carbocycles. The molecular formula is C18H9ClF7N3O. The van der Waals surface area contributed by atoms with Gasteiger partial charge < -0.3 is 10.6 Å². The molecule has 12 heteroatoms. The van der Waals surface area contributed by atoms with Crippen molar-refractivity contribution in [2.45, 2.75) is 12.4 Å². The highest BCUT2D eigenvalue weighted by Crippen LogP contribution is 2.37. The van der Waals surface area contributed by atoms with Crippen molar-refractivity contribution in [3.8, 4) is 6.07 Å². The van der Waals surface area contributed by atoms with Gasteiger partial charge in [0, 0.05) is 17.6 Å². The molecule has 30 heavy (non-hydrogen) atoms. The van der Waals surface area contributed by atoms with Gasteiger partial charge in [0.15, 0.2) is 0 Å². The molecule has 4 nitrogen and oxygen atoms in total.